The van der Waals surface area contributed by atoms with E-state index in [2.05, 4.69) is 36.2 Å². The van der Waals surface area contributed by atoms with Gasteiger partial charge in [0.2, 0.25) is 5.89 Å². The maximum Gasteiger partial charge on any atom is 0.209 e. The van der Waals surface area contributed by atoms with E-state index in [9.17, 15) is 0 Å². The Morgan fingerprint density at radius 2 is 1.94 bits per heavy atom. The van der Waals surface area contributed by atoms with Gasteiger partial charge in [-0.15, -0.1) is 11.6 Å². The minimum Gasteiger partial charge on any atom is -0.444 e. The number of nitrogens with zero attached hydrogens (tertiary/aromatic N) is 1. The molecule has 0 aliphatic heterocycles. The van der Waals surface area contributed by atoms with Gasteiger partial charge >= 0.3 is 0 Å². The number of aryl methyl sites for hydroxylation is 3. The molecule has 0 aliphatic carbocycles. The fourth-order valence-corrected chi connectivity index (χ4v) is 1.67. The first-order valence-electron chi connectivity index (χ1n) is 5.33. The second-order valence-electron chi connectivity index (χ2n) is 3.84. The highest BCUT2D eigenvalue weighted by Gasteiger charge is 2.02. The Balaban J connectivity index is 1.94. The summed E-state index contributed by atoms with van der Waals surface area (Å²) >= 11 is 5.62. The van der Waals surface area contributed by atoms with Gasteiger partial charge in [0.25, 0.3) is 0 Å². The smallest absolute Gasteiger partial charge is 0.209 e. The van der Waals surface area contributed by atoms with E-state index in [4.69, 9.17) is 16.0 Å². The minimum atomic E-state index is 0.338. The van der Waals surface area contributed by atoms with Crippen molar-refractivity contribution in [3.63, 3.8) is 0 Å². The first-order valence-corrected chi connectivity index (χ1v) is 5.86. The number of alkyl halides is 1. The van der Waals surface area contributed by atoms with Gasteiger partial charge < -0.3 is 4.42 Å². The van der Waals surface area contributed by atoms with E-state index < -0.39 is 0 Å². The Labute approximate surface area is 100 Å². The lowest BCUT2D eigenvalue weighted by Gasteiger charge is -1.99. The molecule has 2 nitrogen and oxygen atoms in total. The summed E-state index contributed by atoms with van der Waals surface area (Å²) in [5.74, 6) is 1.83. The summed E-state index contributed by atoms with van der Waals surface area (Å²) in [5.41, 5.74) is 2.60. The van der Waals surface area contributed by atoms with Crippen LogP contribution in [0.5, 0.6) is 0 Å². The molecule has 0 radical (unpaired) electrons. The quantitative estimate of drug-likeness (QED) is 0.758. The number of hydrogen-bond donors (Lipinski definition) is 0. The van der Waals surface area contributed by atoms with Gasteiger partial charge in [0, 0.05) is 6.42 Å². The van der Waals surface area contributed by atoms with E-state index in [0.29, 0.717) is 11.8 Å². The fourth-order valence-electron chi connectivity index (χ4n) is 1.55. The molecule has 16 heavy (non-hydrogen) atoms. The fraction of sp³-hybridized carbons (Fsp3) is 0.308. The highest BCUT2D eigenvalue weighted by atomic mass is 35.5. The molecule has 3 heteroatoms. The van der Waals surface area contributed by atoms with Crippen molar-refractivity contribution in [3.05, 3.63) is 53.2 Å². The Bertz CT molecular complexity index is 447. The lowest BCUT2D eigenvalue weighted by Crippen LogP contribution is -1.89. The first kappa shape index (κ1) is 11.2. The van der Waals surface area contributed by atoms with Crippen molar-refractivity contribution in [2.45, 2.75) is 25.6 Å². The lowest BCUT2D eigenvalue weighted by atomic mass is 10.1. The van der Waals surface area contributed by atoms with E-state index >= 15 is 0 Å². The topological polar surface area (TPSA) is 26.0 Å². The van der Waals surface area contributed by atoms with E-state index in [0.717, 1.165) is 18.6 Å². The standard InChI is InChI=1S/C13H14ClNO/c1-10-2-4-11(5-3-10)6-7-12-9-15-13(8-14)16-12/h2-5,9H,6-8H2,1H3. The van der Waals surface area contributed by atoms with Crippen LogP contribution in [0.3, 0.4) is 0 Å². The van der Waals surface area contributed by atoms with Crippen LogP contribution in [0.2, 0.25) is 0 Å². The van der Waals surface area contributed by atoms with Crippen LogP contribution in [0, 0.1) is 6.92 Å². The largest absolute Gasteiger partial charge is 0.444 e. The van der Waals surface area contributed by atoms with Crippen molar-refractivity contribution in [1.82, 2.24) is 4.98 Å². The predicted molar refractivity (Wildman–Crippen MR) is 64.6 cm³/mol. The van der Waals surface area contributed by atoms with Gasteiger partial charge in [-0.3, -0.25) is 0 Å². The maximum absolute atomic E-state index is 5.62. The predicted octanol–water partition coefficient (Wildman–Crippen LogP) is 3.51. The lowest BCUT2D eigenvalue weighted by molar-refractivity contribution is 0.470. The number of aromatic nitrogens is 1. The summed E-state index contributed by atoms with van der Waals surface area (Å²) in [6.45, 7) is 2.09. The Morgan fingerprint density at radius 3 is 2.56 bits per heavy atom. The van der Waals surface area contributed by atoms with Gasteiger partial charge in [0.15, 0.2) is 0 Å². The zero-order chi connectivity index (χ0) is 11.4. The van der Waals surface area contributed by atoms with Crippen LogP contribution in [0.15, 0.2) is 34.9 Å². The maximum atomic E-state index is 5.62. The minimum absolute atomic E-state index is 0.338. The monoisotopic (exact) mass is 235 g/mol. The molecule has 1 aromatic heterocycles. The van der Waals surface area contributed by atoms with E-state index in [1.807, 2.05) is 0 Å². The summed E-state index contributed by atoms with van der Waals surface area (Å²) in [4.78, 5) is 4.06. The third kappa shape index (κ3) is 2.86. The van der Waals surface area contributed by atoms with Crippen LogP contribution < -0.4 is 0 Å². The average molecular weight is 236 g/mol. The molecule has 2 aromatic rings. The molecule has 0 fully saturated rings. The first-order chi connectivity index (χ1) is 7.78. The number of hydrogen-bond acceptors (Lipinski definition) is 2. The number of benzene rings is 1. The van der Waals surface area contributed by atoms with Gasteiger partial charge in [-0.2, -0.15) is 0 Å². The molecule has 84 valence electrons. The van der Waals surface area contributed by atoms with Crippen LogP contribution in [-0.4, -0.2) is 4.98 Å². The highest BCUT2D eigenvalue weighted by Crippen LogP contribution is 2.11. The van der Waals surface area contributed by atoms with E-state index in [1.165, 1.54) is 11.1 Å². The Morgan fingerprint density at radius 1 is 1.19 bits per heavy atom. The third-order valence-electron chi connectivity index (χ3n) is 2.50. The van der Waals surface area contributed by atoms with E-state index in [1.54, 1.807) is 6.20 Å². The second-order valence-corrected chi connectivity index (χ2v) is 4.11. The normalized spacial score (nSPS) is 10.6. The van der Waals surface area contributed by atoms with Crippen molar-refractivity contribution in [2.24, 2.45) is 0 Å². The van der Waals surface area contributed by atoms with E-state index in [-0.39, 0.29) is 0 Å². The molecular weight excluding hydrogens is 222 g/mol. The summed E-state index contributed by atoms with van der Waals surface area (Å²) < 4.78 is 5.44. The molecule has 0 aliphatic rings. The zero-order valence-electron chi connectivity index (χ0n) is 9.24. The molecule has 2 rings (SSSR count). The van der Waals surface area contributed by atoms with Gasteiger partial charge in [0.1, 0.15) is 5.76 Å². The van der Waals surface area contributed by atoms with Crippen molar-refractivity contribution in [3.8, 4) is 0 Å². The molecule has 0 unspecified atom stereocenters. The Hall–Kier alpha value is -1.28. The SMILES string of the molecule is Cc1ccc(CCc2cnc(CCl)o2)cc1. The number of oxazole rings is 1. The number of halogens is 1. The van der Waals surface area contributed by atoms with Crippen LogP contribution in [0.25, 0.3) is 0 Å². The second kappa shape index (κ2) is 5.17. The summed E-state index contributed by atoms with van der Waals surface area (Å²) in [7, 11) is 0. The van der Waals surface area contributed by atoms with Crippen molar-refractivity contribution < 1.29 is 4.42 Å². The highest BCUT2D eigenvalue weighted by molar-refractivity contribution is 6.16. The molecule has 0 saturated carbocycles. The molecule has 0 atom stereocenters. The molecule has 1 heterocycles. The molecule has 0 amide bonds. The van der Waals surface area contributed by atoms with Crippen molar-refractivity contribution in [2.75, 3.05) is 0 Å². The van der Waals surface area contributed by atoms with Crippen LogP contribution in [-0.2, 0) is 18.7 Å². The van der Waals surface area contributed by atoms with Gasteiger partial charge in [-0.1, -0.05) is 29.8 Å². The molecule has 1 aromatic carbocycles. The van der Waals surface area contributed by atoms with Crippen LogP contribution in [0.1, 0.15) is 22.8 Å². The van der Waals surface area contributed by atoms with Crippen molar-refractivity contribution >= 4 is 11.6 Å². The summed E-state index contributed by atoms with van der Waals surface area (Å²) in [6, 6.07) is 8.54. The average Bonchev–Trinajstić information content (AvgIpc) is 2.76. The molecular formula is C13H14ClNO. The van der Waals surface area contributed by atoms with Gasteiger partial charge in [-0.25, -0.2) is 4.98 Å². The summed E-state index contributed by atoms with van der Waals surface area (Å²) in [5, 5.41) is 0. The van der Waals surface area contributed by atoms with Crippen LogP contribution in [0.4, 0.5) is 0 Å². The Kier molecular flexibility index (Phi) is 3.62. The number of rotatable bonds is 4. The zero-order valence-corrected chi connectivity index (χ0v) is 10.00. The third-order valence-corrected chi connectivity index (χ3v) is 2.73. The van der Waals surface area contributed by atoms with Crippen molar-refractivity contribution in [1.29, 1.82) is 0 Å². The molecule has 0 N–H and O–H groups in total. The molecule has 0 bridgehead atoms. The molecule has 0 spiro atoms. The molecule has 0 saturated heterocycles. The van der Waals surface area contributed by atoms with Crippen LogP contribution >= 0.6 is 11.6 Å². The van der Waals surface area contributed by atoms with Gasteiger partial charge in [-0.05, 0) is 18.9 Å². The van der Waals surface area contributed by atoms with Gasteiger partial charge in [0.05, 0.1) is 12.1 Å². The summed E-state index contributed by atoms with van der Waals surface area (Å²) in [6.07, 6.45) is 3.59.